The maximum Gasteiger partial charge on any atom is 0.226 e. The van der Waals surface area contributed by atoms with Crippen LogP contribution in [-0.4, -0.2) is 33.4 Å². The zero-order valence-corrected chi connectivity index (χ0v) is 17.5. The van der Waals surface area contributed by atoms with Crippen molar-refractivity contribution in [3.63, 3.8) is 0 Å². The highest BCUT2D eigenvalue weighted by atomic mass is 16.3. The molecule has 6 rings (SSSR count). The number of carbonyl (C=O) groups excluding carboxylic acids is 2. The van der Waals surface area contributed by atoms with Crippen LogP contribution in [0, 0.1) is 23.2 Å². The van der Waals surface area contributed by atoms with E-state index in [1.165, 1.54) is 31.7 Å². The Hall–Kier alpha value is -2.96. The first-order valence-corrected chi connectivity index (χ1v) is 11.2. The second-order valence-electron chi connectivity index (χ2n) is 9.60. The van der Waals surface area contributed by atoms with Crippen molar-refractivity contribution in [2.24, 2.45) is 23.2 Å². The van der Waals surface area contributed by atoms with Crippen molar-refractivity contribution in [2.45, 2.75) is 44.9 Å². The van der Waals surface area contributed by atoms with E-state index in [1.807, 2.05) is 0 Å². The topological polar surface area (TPSA) is 104 Å². The van der Waals surface area contributed by atoms with Gasteiger partial charge in [0.05, 0.1) is 18.1 Å². The van der Waals surface area contributed by atoms with E-state index in [0.717, 1.165) is 37.0 Å². The Morgan fingerprint density at radius 3 is 2.29 bits per heavy atom. The van der Waals surface area contributed by atoms with Gasteiger partial charge in [-0.3, -0.25) is 9.59 Å². The Labute approximate surface area is 181 Å². The van der Waals surface area contributed by atoms with Gasteiger partial charge in [0.15, 0.2) is 5.82 Å². The zero-order valence-electron chi connectivity index (χ0n) is 17.5. The molecule has 2 aromatic rings. The van der Waals surface area contributed by atoms with Crippen LogP contribution in [0.5, 0.6) is 5.75 Å². The SMILES string of the molecule is O=C(CCNC(=O)C12CC3CC(CC(C3)C1)C2)Nc1cnc(-c2cccc(O)c2)nc1. The molecule has 162 valence electrons. The number of benzene rings is 1. The fourth-order valence-electron chi connectivity index (χ4n) is 6.28. The summed E-state index contributed by atoms with van der Waals surface area (Å²) < 4.78 is 0. The molecule has 0 aliphatic heterocycles. The first-order valence-electron chi connectivity index (χ1n) is 11.2. The van der Waals surface area contributed by atoms with E-state index in [0.29, 0.717) is 23.6 Å². The Morgan fingerprint density at radius 2 is 1.68 bits per heavy atom. The van der Waals surface area contributed by atoms with Gasteiger partial charge in [-0.25, -0.2) is 9.97 Å². The molecule has 2 amide bonds. The molecule has 7 nitrogen and oxygen atoms in total. The molecule has 31 heavy (non-hydrogen) atoms. The minimum atomic E-state index is -0.181. The molecule has 4 bridgehead atoms. The summed E-state index contributed by atoms with van der Waals surface area (Å²) in [7, 11) is 0. The number of aromatic hydroxyl groups is 1. The van der Waals surface area contributed by atoms with Crippen molar-refractivity contribution in [2.75, 3.05) is 11.9 Å². The summed E-state index contributed by atoms with van der Waals surface area (Å²) >= 11 is 0. The number of nitrogens with one attached hydrogen (secondary N) is 2. The number of phenols is 1. The van der Waals surface area contributed by atoms with Gasteiger partial charge < -0.3 is 15.7 Å². The van der Waals surface area contributed by atoms with Crippen LogP contribution < -0.4 is 10.6 Å². The number of aromatic nitrogens is 2. The van der Waals surface area contributed by atoms with Gasteiger partial charge in [0.25, 0.3) is 0 Å². The number of hydrogen-bond donors (Lipinski definition) is 3. The summed E-state index contributed by atoms with van der Waals surface area (Å²) in [5.41, 5.74) is 1.02. The molecule has 0 radical (unpaired) electrons. The van der Waals surface area contributed by atoms with Crippen molar-refractivity contribution < 1.29 is 14.7 Å². The summed E-state index contributed by atoms with van der Waals surface area (Å²) in [5, 5.41) is 15.4. The number of hydrogen-bond acceptors (Lipinski definition) is 5. The maximum atomic E-state index is 13.0. The van der Waals surface area contributed by atoms with E-state index in [4.69, 9.17) is 0 Å². The highest BCUT2D eigenvalue weighted by Crippen LogP contribution is 2.60. The number of anilines is 1. The van der Waals surface area contributed by atoms with Gasteiger partial charge in [-0.05, 0) is 68.4 Å². The van der Waals surface area contributed by atoms with E-state index < -0.39 is 0 Å². The van der Waals surface area contributed by atoms with Crippen LogP contribution in [0.1, 0.15) is 44.9 Å². The largest absolute Gasteiger partial charge is 0.508 e. The van der Waals surface area contributed by atoms with Gasteiger partial charge in [0.2, 0.25) is 11.8 Å². The zero-order chi connectivity index (χ0) is 21.4. The second-order valence-corrected chi connectivity index (χ2v) is 9.60. The highest BCUT2D eigenvalue weighted by molar-refractivity contribution is 5.91. The van der Waals surface area contributed by atoms with Gasteiger partial charge in [0.1, 0.15) is 5.75 Å². The monoisotopic (exact) mass is 420 g/mol. The van der Waals surface area contributed by atoms with Crippen molar-refractivity contribution in [3.8, 4) is 17.1 Å². The normalized spacial score (nSPS) is 28.3. The molecule has 1 aromatic heterocycles. The van der Waals surface area contributed by atoms with E-state index in [2.05, 4.69) is 20.6 Å². The van der Waals surface area contributed by atoms with Gasteiger partial charge in [-0.1, -0.05) is 12.1 Å². The van der Waals surface area contributed by atoms with Crippen LogP contribution >= 0.6 is 0 Å². The Balaban J connectivity index is 1.11. The van der Waals surface area contributed by atoms with Crippen molar-refractivity contribution in [1.29, 1.82) is 0 Å². The lowest BCUT2D eigenvalue weighted by molar-refractivity contribution is -0.146. The van der Waals surface area contributed by atoms with Crippen molar-refractivity contribution >= 4 is 17.5 Å². The van der Waals surface area contributed by atoms with Gasteiger partial charge in [-0.2, -0.15) is 0 Å². The molecule has 4 aliphatic carbocycles. The Bertz CT molecular complexity index is 953. The number of rotatable bonds is 6. The molecule has 7 heteroatoms. The molecular weight excluding hydrogens is 392 g/mol. The predicted molar refractivity (Wildman–Crippen MR) is 116 cm³/mol. The predicted octanol–water partition coefficient (Wildman–Crippen LogP) is 3.51. The van der Waals surface area contributed by atoms with Crippen LogP contribution in [0.15, 0.2) is 36.7 Å². The molecular formula is C24H28N4O3. The van der Waals surface area contributed by atoms with Crippen molar-refractivity contribution in [3.05, 3.63) is 36.7 Å². The Morgan fingerprint density at radius 1 is 1.03 bits per heavy atom. The smallest absolute Gasteiger partial charge is 0.226 e. The van der Waals surface area contributed by atoms with Crippen molar-refractivity contribution in [1.82, 2.24) is 15.3 Å². The van der Waals surface area contributed by atoms with Gasteiger partial charge in [-0.15, -0.1) is 0 Å². The number of amides is 2. The van der Waals surface area contributed by atoms with Crippen LogP contribution in [0.4, 0.5) is 5.69 Å². The van der Waals surface area contributed by atoms with E-state index in [-0.39, 0.29) is 29.4 Å². The van der Waals surface area contributed by atoms with Crippen LogP contribution in [-0.2, 0) is 9.59 Å². The third-order valence-electron chi connectivity index (χ3n) is 7.20. The minimum Gasteiger partial charge on any atom is -0.508 e. The molecule has 3 N–H and O–H groups in total. The summed E-state index contributed by atoms with van der Waals surface area (Å²) in [6, 6.07) is 6.70. The summed E-state index contributed by atoms with van der Waals surface area (Å²) in [6.45, 7) is 0.342. The van der Waals surface area contributed by atoms with E-state index in [1.54, 1.807) is 24.3 Å². The van der Waals surface area contributed by atoms with Gasteiger partial charge in [0, 0.05) is 23.9 Å². The quantitative estimate of drug-likeness (QED) is 0.663. The van der Waals surface area contributed by atoms with E-state index in [9.17, 15) is 14.7 Å². The molecule has 4 saturated carbocycles. The first kappa shape index (κ1) is 20.0. The molecule has 0 atom stereocenters. The number of nitrogens with zero attached hydrogens (tertiary/aromatic N) is 2. The minimum absolute atomic E-state index is 0.147. The van der Waals surface area contributed by atoms with Gasteiger partial charge >= 0.3 is 0 Å². The molecule has 0 saturated heterocycles. The molecule has 4 aliphatic rings. The van der Waals surface area contributed by atoms with Crippen LogP contribution in [0.25, 0.3) is 11.4 Å². The number of carbonyl (C=O) groups is 2. The second kappa shape index (κ2) is 7.94. The average Bonchev–Trinajstić information content (AvgIpc) is 2.73. The lowest BCUT2D eigenvalue weighted by Crippen LogP contribution is -2.53. The average molecular weight is 421 g/mol. The summed E-state index contributed by atoms with van der Waals surface area (Å²) in [4.78, 5) is 33.7. The third-order valence-corrected chi connectivity index (χ3v) is 7.20. The lowest BCUT2D eigenvalue weighted by atomic mass is 9.49. The molecule has 0 unspecified atom stereocenters. The number of phenolic OH excluding ortho intramolecular Hbond substituents is 1. The molecule has 1 aromatic carbocycles. The standard InChI is InChI=1S/C24H28N4O3/c29-20-3-1-2-18(9-20)22-26-13-19(14-27-22)28-21(30)4-5-25-23(31)24-10-15-6-16(11-24)8-17(7-15)12-24/h1-3,9,13-17,29H,4-8,10-12H2,(H,25,31)(H,28,30). The fourth-order valence-corrected chi connectivity index (χ4v) is 6.28. The Kier molecular flexibility index (Phi) is 5.12. The van der Waals surface area contributed by atoms with Crippen LogP contribution in [0.3, 0.4) is 0 Å². The molecule has 4 fully saturated rings. The summed E-state index contributed by atoms with van der Waals surface area (Å²) in [6.07, 6.45) is 10.3. The fraction of sp³-hybridized carbons (Fsp3) is 0.500. The first-order chi connectivity index (χ1) is 15.0. The lowest BCUT2D eigenvalue weighted by Gasteiger charge is -2.55. The highest BCUT2D eigenvalue weighted by Gasteiger charge is 2.54. The molecule has 0 spiro atoms. The van der Waals surface area contributed by atoms with E-state index >= 15 is 0 Å². The molecule has 1 heterocycles. The maximum absolute atomic E-state index is 13.0. The van der Waals surface area contributed by atoms with Crippen LogP contribution in [0.2, 0.25) is 0 Å². The third kappa shape index (κ3) is 4.13. The summed E-state index contributed by atoms with van der Waals surface area (Å²) in [5.74, 6) is 2.76.